The number of hydrogen-bond acceptors (Lipinski definition) is 5. The lowest BCUT2D eigenvalue weighted by Crippen LogP contribution is -2.43. The molecule has 0 spiro atoms. The number of alkyl halides is 2. The van der Waals surface area contributed by atoms with E-state index in [9.17, 15) is 26.4 Å². The molecular weight excluding hydrogens is 409 g/mol. The minimum Gasteiger partial charge on any atom is -0.368 e. The number of halogens is 3. The number of carbonyl (C=O) groups excluding carboxylic acids is 1. The van der Waals surface area contributed by atoms with E-state index in [1.165, 1.54) is 24.3 Å². The lowest BCUT2D eigenvalue weighted by molar-refractivity contribution is -0.121. The molecule has 152 valence electrons. The van der Waals surface area contributed by atoms with E-state index in [-0.39, 0.29) is 10.6 Å². The van der Waals surface area contributed by atoms with Crippen molar-refractivity contribution in [3.8, 4) is 17.3 Å². The van der Waals surface area contributed by atoms with Crippen LogP contribution in [-0.4, -0.2) is 42.1 Å². The molecule has 1 unspecified atom stereocenters. The van der Waals surface area contributed by atoms with Gasteiger partial charge in [-0.1, -0.05) is 6.07 Å². The van der Waals surface area contributed by atoms with Gasteiger partial charge in [-0.3, -0.25) is 4.79 Å². The summed E-state index contributed by atoms with van der Waals surface area (Å²) < 4.78 is 67.1. The van der Waals surface area contributed by atoms with Crippen LogP contribution in [0.2, 0.25) is 0 Å². The third kappa shape index (κ3) is 3.81. The number of pyridine rings is 1. The minimum absolute atomic E-state index is 0.243. The van der Waals surface area contributed by atoms with Gasteiger partial charge in [-0.25, -0.2) is 26.6 Å². The zero-order chi connectivity index (χ0) is 21.6. The van der Waals surface area contributed by atoms with E-state index in [4.69, 9.17) is 11.0 Å². The highest BCUT2D eigenvalue weighted by atomic mass is 32.2. The second kappa shape index (κ2) is 7.13. The van der Waals surface area contributed by atoms with Gasteiger partial charge in [-0.05, 0) is 36.8 Å². The zero-order valence-electron chi connectivity index (χ0n) is 15.1. The molecule has 2 aromatic rings. The molecule has 1 amide bonds. The number of amides is 1. The smallest absolute Gasteiger partial charge is 0.263 e. The fourth-order valence-electron chi connectivity index (χ4n) is 3.17. The van der Waals surface area contributed by atoms with E-state index in [0.717, 1.165) is 6.07 Å². The Bertz CT molecular complexity index is 1150. The highest BCUT2D eigenvalue weighted by Gasteiger charge is 2.52. The Morgan fingerprint density at radius 3 is 2.62 bits per heavy atom. The first-order valence-corrected chi connectivity index (χ1v) is 9.77. The summed E-state index contributed by atoms with van der Waals surface area (Å²) in [6.07, 6.45) is -0.977. The summed E-state index contributed by atoms with van der Waals surface area (Å²) in [6, 6.07) is 6.14. The fourth-order valence-corrected chi connectivity index (χ4v) is 4.88. The van der Waals surface area contributed by atoms with Gasteiger partial charge in [0.05, 0.1) is 17.1 Å². The third-order valence-electron chi connectivity index (χ3n) is 4.59. The second-order valence-electron chi connectivity index (χ2n) is 6.64. The molecule has 1 saturated heterocycles. The van der Waals surface area contributed by atoms with Gasteiger partial charge in [0.2, 0.25) is 15.9 Å². The summed E-state index contributed by atoms with van der Waals surface area (Å²) in [5.74, 6) is -5.31. The van der Waals surface area contributed by atoms with Crippen molar-refractivity contribution in [3.63, 3.8) is 0 Å². The lowest BCUT2D eigenvalue weighted by Gasteiger charge is -2.21. The Morgan fingerprint density at radius 2 is 2.03 bits per heavy atom. The summed E-state index contributed by atoms with van der Waals surface area (Å²) in [5, 5.41) is 8.91. The summed E-state index contributed by atoms with van der Waals surface area (Å²) in [6.45, 7) is 0.407. The van der Waals surface area contributed by atoms with Crippen LogP contribution in [0, 0.1) is 24.1 Å². The van der Waals surface area contributed by atoms with Gasteiger partial charge >= 0.3 is 0 Å². The molecule has 1 aliphatic rings. The van der Waals surface area contributed by atoms with Crippen molar-refractivity contribution < 1.29 is 26.4 Å². The van der Waals surface area contributed by atoms with Crippen molar-refractivity contribution in [1.29, 1.82) is 5.26 Å². The monoisotopic (exact) mass is 424 g/mol. The Balaban J connectivity index is 2.02. The van der Waals surface area contributed by atoms with Crippen LogP contribution in [0.25, 0.3) is 11.3 Å². The predicted molar refractivity (Wildman–Crippen MR) is 95.5 cm³/mol. The van der Waals surface area contributed by atoms with Crippen LogP contribution in [0.3, 0.4) is 0 Å². The Labute approximate surface area is 164 Å². The number of aromatic nitrogens is 1. The molecule has 11 heteroatoms. The van der Waals surface area contributed by atoms with Gasteiger partial charge in [-0.15, -0.1) is 0 Å². The molecule has 1 aliphatic heterocycles. The number of nitrogens with zero attached hydrogens (tertiary/aromatic N) is 3. The number of hydrogen-bond donors (Lipinski definition) is 1. The van der Waals surface area contributed by atoms with Crippen LogP contribution in [0.15, 0.2) is 35.2 Å². The van der Waals surface area contributed by atoms with Gasteiger partial charge in [0.1, 0.15) is 12.1 Å². The molecule has 0 saturated carbocycles. The number of aryl methyl sites for hydroxylation is 1. The van der Waals surface area contributed by atoms with E-state index < -0.39 is 52.4 Å². The zero-order valence-corrected chi connectivity index (χ0v) is 15.9. The molecule has 0 radical (unpaired) electrons. The van der Waals surface area contributed by atoms with Crippen molar-refractivity contribution in [3.05, 3.63) is 47.4 Å². The van der Waals surface area contributed by atoms with Crippen LogP contribution < -0.4 is 5.73 Å². The summed E-state index contributed by atoms with van der Waals surface area (Å²) in [7, 11) is -4.43. The number of nitriles is 1. The molecular formula is C18H15F3N4O3S. The summed E-state index contributed by atoms with van der Waals surface area (Å²) >= 11 is 0. The lowest BCUT2D eigenvalue weighted by atomic mass is 10.1. The van der Waals surface area contributed by atoms with Crippen molar-refractivity contribution in [2.45, 2.75) is 30.2 Å². The van der Waals surface area contributed by atoms with E-state index in [0.29, 0.717) is 15.4 Å². The Morgan fingerprint density at radius 1 is 1.34 bits per heavy atom. The SMILES string of the molecule is Cc1cc(S(=O)(=O)N2CC(F)(F)CC2C(N)=O)ccc1-c1ccc(F)c(C#N)n1. The van der Waals surface area contributed by atoms with Crippen LogP contribution in [-0.2, 0) is 14.8 Å². The number of primary amides is 1. The van der Waals surface area contributed by atoms with Crippen LogP contribution in [0.4, 0.5) is 13.2 Å². The molecule has 0 aliphatic carbocycles. The average molecular weight is 424 g/mol. The van der Waals surface area contributed by atoms with Gasteiger partial charge in [0.25, 0.3) is 5.92 Å². The van der Waals surface area contributed by atoms with E-state index in [1.807, 2.05) is 0 Å². The molecule has 1 atom stereocenters. The molecule has 3 rings (SSSR count). The second-order valence-corrected chi connectivity index (χ2v) is 8.53. The normalized spacial score (nSPS) is 19.1. The summed E-state index contributed by atoms with van der Waals surface area (Å²) in [5.41, 5.74) is 5.77. The van der Waals surface area contributed by atoms with Crippen molar-refractivity contribution in [2.75, 3.05) is 6.54 Å². The van der Waals surface area contributed by atoms with Gasteiger partial charge < -0.3 is 5.73 Å². The van der Waals surface area contributed by atoms with E-state index in [1.54, 1.807) is 13.0 Å². The first-order valence-electron chi connectivity index (χ1n) is 8.33. The molecule has 0 bridgehead atoms. The van der Waals surface area contributed by atoms with Gasteiger partial charge in [0, 0.05) is 12.0 Å². The van der Waals surface area contributed by atoms with Gasteiger partial charge in [0.15, 0.2) is 11.5 Å². The fraction of sp³-hybridized carbons (Fsp3) is 0.278. The van der Waals surface area contributed by atoms with Gasteiger partial charge in [-0.2, -0.15) is 9.57 Å². The topological polar surface area (TPSA) is 117 Å². The quantitative estimate of drug-likeness (QED) is 0.805. The molecule has 1 fully saturated rings. The van der Waals surface area contributed by atoms with Crippen LogP contribution in [0.5, 0.6) is 0 Å². The first-order chi connectivity index (χ1) is 13.5. The number of rotatable bonds is 4. The molecule has 2 heterocycles. The van der Waals surface area contributed by atoms with Crippen LogP contribution in [0.1, 0.15) is 17.7 Å². The number of sulfonamides is 1. The standard InChI is InChI=1S/C18H15F3N4O3S/c1-10-6-11(2-3-12(10)14-5-4-13(19)15(8-22)24-14)29(27,28)25-9-18(20,21)7-16(25)17(23)26/h2-6,16H,7,9H2,1H3,(H2,23,26). The maximum absolute atomic E-state index is 13.7. The first kappa shape index (κ1) is 20.8. The number of nitrogens with two attached hydrogens (primary N) is 1. The predicted octanol–water partition coefficient (Wildman–Crippen LogP) is 1.95. The highest BCUT2D eigenvalue weighted by molar-refractivity contribution is 7.89. The maximum Gasteiger partial charge on any atom is 0.263 e. The van der Waals surface area contributed by atoms with E-state index in [2.05, 4.69) is 4.98 Å². The maximum atomic E-state index is 13.7. The van der Waals surface area contributed by atoms with Crippen molar-refractivity contribution in [2.24, 2.45) is 5.73 Å². The van der Waals surface area contributed by atoms with Crippen LogP contribution >= 0.6 is 0 Å². The van der Waals surface area contributed by atoms with Crippen molar-refractivity contribution >= 4 is 15.9 Å². The largest absolute Gasteiger partial charge is 0.368 e. The number of carbonyl (C=O) groups is 1. The third-order valence-corrected chi connectivity index (χ3v) is 6.44. The Hall–Kier alpha value is -2.97. The minimum atomic E-state index is -4.43. The molecule has 1 aromatic heterocycles. The molecule has 7 nitrogen and oxygen atoms in total. The highest BCUT2D eigenvalue weighted by Crippen LogP contribution is 2.36. The van der Waals surface area contributed by atoms with E-state index >= 15 is 0 Å². The Kier molecular flexibility index (Phi) is 5.10. The summed E-state index contributed by atoms with van der Waals surface area (Å²) in [4.78, 5) is 15.1. The molecule has 1 aromatic carbocycles. The molecule has 29 heavy (non-hydrogen) atoms. The number of benzene rings is 1. The average Bonchev–Trinajstić information content (AvgIpc) is 2.99. The molecule has 2 N–H and O–H groups in total. The van der Waals surface area contributed by atoms with Crippen molar-refractivity contribution in [1.82, 2.24) is 9.29 Å².